The van der Waals surface area contributed by atoms with E-state index in [4.69, 9.17) is 5.73 Å². The Kier molecular flexibility index (Phi) is 5.33. The molecule has 1 heterocycles. The molecule has 7 heteroatoms. The van der Waals surface area contributed by atoms with Crippen LogP contribution in [0.5, 0.6) is 0 Å². The summed E-state index contributed by atoms with van der Waals surface area (Å²) in [5.74, 6) is 0. The summed E-state index contributed by atoms with van der Waals surface area (Å²) in [6.45, 7) is 6.42. The fourth-order valence-electron chi connectivity index (χ4n) is 1.35. The van der Waals surface area contributed by atoms with E-state index >= 15 is 0 Å². The summed E-state index contributed by atoms with van der Waals surface area (Å²) < 4.78 is 26.6. The van der Waals surface area contributed by atoms with Gasteiger partial charge >= 0.3 is 0 Å². The lowest BCUT2D eigenvalue weighted by Gasteiger charge is -2.18. The summed E-state index contributed by atoms with van der Waals surface area (Å²) in [7, 11) is -3.46. The highest BCUT2D eigenvalue weighted by Crippen LogP contribution is 2.33. The zero-order chi connectivity index (χ0) is 13.1. The van der Waals surface area contributed by atoms with Gasteiger partial charge in [-0.2, -0.15) is 4.31 Å². The van der Waals surface area contributed by atoms with Crippen molar-refractivity contribution in [2.45, 2.75) is 18.4 Å². The van der Waals surface area contributed by atoms with Gasteiger partial charge in [-0.05, 0) is 22.0 Å². The van der Waals surface area contributed by atoms with Crippen LogP contribution >= 0.6 is 27.3 Å². The first kappa shape index (κ1) is 14.8. The molecule has 4 nitrogen and oxygen atoms in total. The molecular formula is C10H15BrN2O2S2. The molecule has 1 rings (SSSR count). The van der Waals surface area contributed by atoms with E-state index in [9.17, 15) is 8.42 Å². The lowest BCUT2D eigenvalue weighted by molar-refractivity contribution is 0.460. The van der Waals surface area contributed by atoms with Gasteiger partial charge in [-0.15, -0.1) is 17.9 Å². The summed E-state index contributed by atoms with van der Waals surface area (Å²) in [6, 6.07) is 1.62. The molecule has 0 aliphatic carbocycles. The van der Waals surface area contributed by atoms with E-state index in [-0.39, 0.29) is 4.90 Å². The van der Waals surface area contributed by atoms with Crippen molar-refractivity contribution in [1.29, 1.82) is 0 Å². The smallest absolute Gasteiger partial charge is 0.245 e. The van der Waals surface area contributed by atoms with Gasteiger partial charge in [0.2, 0.25) is 10.0 Å². The Bertz CT molecular complexity index is 496. The van der Waals surface area contributed by atoms with E-state index < -0.39 is 10.0 Å². The predicted octanol–water partition coefficient (Wildman–Crippen LogP) is 2.17. The molecule has 0 unspecified atom stereocenters. The maximum Gasteiger partial charge on any atom is 0.245 e. The lowest BCUT2D eigenvalue weighted by Crippen LogP contribution is -2.30. The minimum atomic E-state index is -3.46. The van der Waals surface area contributed by atoms with Gasteiger partial charge in [0.05, 0.1) is 3.79 Å². The second kappa shape index (κ2) is 6.10. The molecule has 0 aromatic carbocycles. The first-order chi connectivity index (χ1) is 7.97. The molecule has 0 aliphatic rings. The number of hydrogen-bond donors (Lipinski definition) is 1. The van der Waals surface area contributed by atoms with Crippen LogP contribution in [-0.2, 0) is 16.6 Å². The van der Waals surface area contributed by atoms with E-state index in [1.807, 2.05) is 0 Å². The zero-order valence-corrected chi connectivity index (χ0v) is 12.7. The van der Waals surface area contributed by atoms with Crippen molar-refractivity contribution in [3.8, 4) is 0 Å². The van der Waals surface area contributed by atoms with Crippen LogP contribution in [0, 0.1) is 0 Å². The highest BCUT2D eigenvalue weighted by molar-refractivity contribution is 9.11. The maximum atomic E-state index is 12.3. The minimum absolute atomic E-state index is 0.284. The number of likely N-dealkylation sites (N-methyl/N-ethyl adjacent to an activating group) is 1. The summed E-state index contributed by atoms with van der Waals surface area (Å²) in [6.07, 6.45) is 1.57. The van der Waals surface area contributed by atoms with E-state index in [1.54, 1.807) is 19.1 Å². The molecule has 1 aromatic rings. The van der Waals surface area contributed by atoms with Crippen LogP contribution in [0.1, 0.15) is 11.8 Å². The lowest BCUT2D eigenvalue weighted by atomic mass is 10.5. The van der Waals surface area contributed by atoms with E-state index in [2.05, 4.69) is 22.5 Å². The van der Waals surface area contributed by atoms with Crippen LogP contribution in [0.2, 0.25) is 0 Å². The molecule has 0 bridgehead atoms. The molecule has 0 amide bonds. The number of rotatable bonds is 6. The van der Waals surface area contributed by atoms with Gasteiger partial charge in [-0.3, -0.25) is 0 Å². The van der Waals surface area contributed by atoms with E-state index in [0.717, 1.165) is 4.88 Å². The highest BCUT2D eigenvalue weighted by Gasteiger charge is 2.26. The normalized spacial score (nSPS) is 12.0. The molecule has 0 atom stereocenters. The molecule has 0 spiro atoms. The maximum absolute atomic E-state index is 12.3. The van der Waals surface area contributed by atoms with Crippen molar-refractivity contribution in [2.75, 3.05) is 13.1 Å². The molecule has 0 aliphatic heterocycles. The average Bonchev–Trinajstić information content (AvgIpc) is 2.67. The summed E-state index contributed by atoms with van der Waals surface area (Å²) in [4.78, 5) is 1.12. The van der Waals surface area contributed by atoms with Crippen LogP contribution in [0.25, 0.3) is 0 Å². The van der Waals surface area contributed by atoms with Gasteiger partial charge in [0.15, 0.2) is 0 Å². The first-order valence-corrected chi connectivity index (χ1v) is 8.11. The monoisotopic (exact) mass is 338 g/mol. The third-order valence-corrected chi connectivity index (χ3v) is 6.43. The van der Waals surface area contributed by atoms with E-state index in [0.29, 0.717) is 23.4 Å². The van der Waals surface area contributed by atoms with Crippen molar-refractivity contribution < 1.29 is 8.42 Å². The third kappa shape index (κ3) is 3.17. The fraction of sp³-hybridized carbons (Fsp3) is 0.400. The SMILES string of the molecule is C=CCN(CC)S(=O)(=O)c1cc(CN)sc1Br. The fourth-order valence-corrected chi connectivity index (χ4v) is 5.29. The number of nitrogens with two attached hydrogens (primary N) is 1. The Hall–Kier alpha value is -0.210. The number of hydrogen-bond acceptors (Lipinski definition) is 4. The molecule has 17 heavy (non-hydrogen) atoms. The summed E-state index contributed by atoms with van der Waals surface area (Å²) in [5.41, 5.74) is 5.51. The van der Waals surface area contributed by atoms with Crippen molar-refractivity contribution in [3.63, 3.8) is 0 Å². The third-order valence-electron chi connectivity index (χ3n) is 2.21. The molecule has 0 fully saturated rings. The zero-order valence-electron chi connectivity index (χ0n) is 9.52. The largest absolute Gasteiger partial charge is 0.326 e. The number of nitrogens with zero attached hydrogens (tertiary/aromatic N) is 1. The standard InChI is InChI=1S/C10H15BrN2O2S2/c1-3-5-13(4-2)17(14,15)9-6-8(7-12)16-10(9)11/h3,6H,1,4-5,7,12H2,2H3. The molecule has 1 aromatic heterocycles. The van der Waals surface area contributed by atoms with Gasteiger partial charge < -0.3 is 5.73 Å². The number of halogens is 1. The van der Waals surface area contributed by atoms with Crippen LogP contribution in [-0.4, -0.2) is 25.8 Å². The first-order valence-electron chi connectivity index (χ1n) is 5.06. The van der Waals surface area contributed by atoms with Gasteiger partial charge in [-0.25, -0.2) is 8.42 Å². The van der Waals surface area contributed by atoms with Crippen molar-refractivity contribution in [2.24, 2.45) is 5.73 Å². The minimum Gasteiger partial charge on any atom is -0.326 e. The molecular weight excluding hydrogens is 324 g/mol. The van der Waals surface area contributed by atoms with Crippen LogP contribution in [0.4, 0.5) is 0 Å². The quantitative estimate of drug-likeness (QED) is 0.808. The Balaban J connectivity index is 3.19. The van der Waals surface area contributed by atoms with Gasteiger partial charge in [0.1, 0.15) is 4.90 Å². The summed E-state index contributed by atoms with van der Waals surface area (Å²) >= 11 is 4.62. The topological polar surface area (TPSA) is 63.4 Å². The second-order valence-corrected chi connectivity index (χ2v) is 7.66. The van der Waals surface area contributed by atoms with Crippen LogP contribution in [0.15, 0.2) is 27.4 Å². The number of thiophene rings is 1. The predicted molar refractivity (Wildman–Crippen MR) is 74.5 cm³/mol. The molecule has 0 saturated carbocycles. The van der Waals surface area contributed by atoms with Crippen LogP contribution < -0.4 is 5.73 Å². The molecule has 0 saturated heterocycles. The van der Waals surface area contributed by atoms with Gasteiger partial charge in [0, 0.05) is 24.5 Å². The van der Waals surface area contributed by atoms with Crippen molar-refractivity contribution in [3.05, 3.63) is 27.4 Å². The van der Waals surface area contributed by atoms with E-state index in [1.165, 1.54) is 15.6 Å². The Morgan fingerprint density at radius 3 is 2.71 bits per heavy atom. The van der Waals surface area contributed by atoms with Crippen LogP contribution in [0.3, 0.4) is 0 Å². The average molecular weight is 339 g/mol. The Morgan fingerprint density at radius 2 is 2.29 bits per heavy atom. The van der Waals surface area contributed by atoms with Crippen molar-refractivity contribution >= 4 is 37.3 Å². The molecule has 96 valence electrons. The summed E-state index contributed by atoms with van der Waals surface area (Å²) in [5, 5.41) is 0. The molecule has 0 radical (unpaired) electrons. The van der Waals surface area contributed by atoms with Gasteiger partial charge in [-0.1, -0.05) is 13.0 Å². The Labute approximate surface area is 114 Å². The number of sulfonamides is 1. The Morgan fingerprint density at radius 1 is 1.65 bits per heavy atom. The van der Waals surface area contributed by atoms with Crippen molar-refractivity contribution in [1.82, 2.24) is 4.31 Å². The molecule has 2 N–H and O–H groups in total. The van der Waals surface area contributed by atoms with Gasteiger partial charge in [0.25, 0.3) is 0 Å². The second-order valence-electron chi connectivity index (χ2n) is 3.30. The highest BCUT2D eigenvalue weighted by atomic mass is 79.9.